The fraction of sp³-hybridized carbons (Fsp3) is 0.533. The third kappa shape index (κ3) is 6.84. The van der Waals surface area contributed by atoms with Gasteiger partial charge in [0.05, 0.1) is 0 Å². The molecule has 0 fully saturated rings. The molecule has 18 heavy (non-hydrogen) atoms. The van der Waals surface area contributed by atoms with Crippen molar-refractivity contribution in [1.82, 2.24) is 0 Å². The number of hydrogen-bond acceptors (Lipinski definition) is 2. The van der Waals surface area contributed by atoms with E-state index < -0.39 is 8.07 Å². The molecule has 0 unspecified atom stereocenters. The smallest absolute Gasteiger partial charge is 0.303 e. The maximum absolute atomic E-state index is 10.4. The van der Waals surface area contributed by atoms with E-state index in [-0.39, 0.29) is 12.6 Å². The van der Waals surface area contributed by atoms with Gasteiger partial charge in [-0.25, -0.2) is 0 Å². The molecule has 0 aromatic rings. The Morgan fingerprint density at radius 2 is 1.56 bits per heavy atom. The average Bonchev–Trinajstić information content (AvgIpc) is 2.38. The van der Waals surface area contributed by atoms with Gasteiger partial charge in [0.25, 0.3) is 0 Å². The Bertz CT molecular complexity index is 434. The first kappa shape index (κ1) is 16.4. The lowest BCUT2D eigenvalue weighted by Crippen LogP contribution is -2.29. The lowest BCUT2D eigenvalue weighted by molar-refractivity contribution is -0.139. The van der Waals surface area contributed by atoms with Gasteiger partial charge < -0.3 is 4.74 Å². The quantitative estimate of drug-likeness (QED) is 0.441. The van der Waals surface area contributed by atoms with Gasteiger partial charge >= 0.3 is 5.97 Å². The van der Waals surface area contributed by atoms with Crippen molar-refractivity contribution in [2.75, 3.05) is 6.61 Å². The Morgan fingerprint density at radius 1 is 1.00 bits per heavy atom. The Kier molecular flexibility index (Phi) is 8.55. The van der Waals surface area contributed by atoms with Crippen molar-refractivity contribution < 1.29 is 9.53 Å². The first-order valence-corrected chi connectivity index (χ1v) is 8.85. The van der Waals surface area contributed by atoms with E-state index in [2.05, 4.69) is 60.7 Å². The van der Waals surface area contributed by atoms with Gasteiger partial charge in [0.15, 0.2) is 6.61 Å². The molecule has 0 atom stereocenters. The molecule has 0 aliphatic heterocycles. The molecule has 0 amide bonds. The number of hydrogen-bond donors (Lipinski definition) is 0. The summed E-state index contributed by atoms with van der Waals surface area (Å²) >= 11 is 0. The highest BCUT2D eigenvalue weighted by Gasteiger charge is 2.23. The van der Waals surface area contributed by atoms with Crippen LogP contribution in [-0.4, -0.2) is 20.7 Å². The van der Waals surface area contributed by atoms with Crippen LogP contribution in [0.4, 0.5) is 0 Å². The molecule has 0 heterocycles. The van der Waals surface area contributed by atoms with Crippen molar-refractivity contribution in [2.45, 2.75) is 45.8 Å². The number of esters is 1. The minimum absolute atomic E-state index is 0.0923. The normalized spacial score (nSPS) is 8.89. The summed E-state index contributed by atoms with van der Waals surface area (Å²) in [6.07, 6.45) is 0. The topological polar surface area (TPSA) is 26.3 Å². The molecule has 0 spiro atoms. The van der Waals surface area contributed by atoms with Gasteiger partial charge in [0.1, 0.15) is 8.07 Å². The molecule has 0 saturated carbocycles. The summed E-state index contributed by atoms with van der Waals surface area (Å²) in [5.74, 6) is 13.2. The molecule has 0 bridgehead atoms. The van der Waals surface area contributed by atoms with Crippen molar-refractivity contribution in [3.05, 3.63) is 0 Å². The summed E-state index contributed by atoms with van der Waals surface area (Å²) in [4.78, 5) is 10.4. The van der Waals surface area contributed by atoms with Gasteiger partial charge in [0, 0.05) is 6.92 Å². The van der Waals surface area contributed by atoms with Crippen LogP contribution in [0.5, 0.6) is 0 Å². The molecule has 0 rings (SSSR count). The number of carbonyl (C=O) groups is 1. The van der Waals surface area contributed by atoms with E-state index >= 15 is 0 Å². The van der Waals surface area contributed by atoms with E-state index in [9.17, 15) is 4.79 Å². The van der Waals surface area contributed by atoms with Gasteiger partial charge in [-0.15, -0.1) is 5.54 Å². The molecule has 3 heteroatoms. The monoisotopic (exact) mass is 260 g/mol. The standard InChI is InChI=1S/C15H20O2Si/c1-5-18(6-2,7-3)14-12-10-8-9-11-13-17-15(4)16/h5-7,13H2,1-4H3. The third-order valence-electron chi connectivity index (χ3n) is 2.98. The molecule has 0 aromatic heterocycles. The van der Waals surface area contributed by atoms with Crippen LogP contribution in [-0.2, 0) is 9.53 Å². The first-order valence-electron chi connectivity index (χ1n) is 6.23. The predicted octanol–water partition coefficient (Wildman–Crippen LogP) is 2.61. The molecule has 0 aromatic carbocycles. The lowest BCUT2D eigenvalue weighted by atomic mass is 10.5. The van der Waals surface area contributed by atoms with E-state index in [1.54, 1.807) is 0 Å². The van der Waals surface area contributed by atoms with Crippen molar-refractivity contribution in [2.24, 2.45) is 0 Å². The summed E-state index contributed by atoms with van der Waals surface area (Å²) in [6, 6.07) is 3.52. The summed E-state index contributed by atoms with van der Waals surface area (Å²) in [7, 11) is -1.39. The molecule has 2 nitrogen and oxygen atoms in total. The fourth-order valence-electron chi connectivity index (χ4n) is 1.46. The second-order valence-electron chi connectivity index (χ2n) is 3.92. The van der Waals surface area contributed by atoms with Crippen LogP contribution in [0.1, 0.15) is 27.7 Å². The average molecular weight is 260 g/mol. The Balaban J connectivity index is 4.37. The first-order chi connectivity index (χ1) is 8.60. The lowest BCUT2D eigenvalue weighted by Gasteiger charge is -2.19. The second-order valence-corrected chi connectivity index (χ2v) is 8.86. The van der Waals surface area contributed by atoms with Gasteiger partial charge in [-0.05, 0) is 47.7 Å². The zero-order valence-corrected chi connectivity index (χ0v) is 12.6. The van der Waals surface area contributed by atoms with Crippen molar-refractivity contribution >= 4 is 14.0 Å². The molecule has 0 aliphatic rings. The van der Waals surface area contributed by atoms with Crippen LogP contribution in [0.15, 0.2) is 0 Å². The van der Waals surface area contributed by atoms with E-state index in [4.69, 9.17) is 0 Å². The minimum atomic E-state index is -1.39. The van der Waals surface area contributed by atoms with Gasteiger partial charge in [-0.3, -0.25) is 4.79 Å². The van der Waals surface area contributed by atoms with Crippen LogP contribution >= 0.6 is 0 Å². The van der Waals surface area contributed by atoms with Gasteiger partial charge in [-0.1, -0.05) is 20.8 Å². The molecule has 0 saturated heterocycles. The summed E-state index contributed by atoms with van der Waals surface area (Å²) in [5, 5.41) is 0. The SMILES string of the molecule is CC[Si](C#CC#CC#CCOC(C)=O)(CC)CC. The Morgan fingerprint density at radius 3 is 2.06 bits per heavy atom. The number of ether oxygens (including phenoxy) is 1. The summed E-state index contributed by atoms with van der Waals surface area (Å²) in [6.45, 7) is 8.07. The van der Waals surface area contributed by atoms with Crippen LogP contribution < -0.4 is 0 Å². The maximum Gasteiger partial charge on any atom is 0.303 e. The zero-order chi connectivity index (χ0) is 13.9. The maximum atomic E-state index is 10.4. The zero-order valence-electron chi connectivity index (χ0n) is 11.6. The van der Waals surface area contributed by atoms with Crippen molar-refractivity contribution in [3.63, 3.8) is 0 Å². The van der Waals surface area contributed by atoms with E-state index in [1.165, 1.54) is 25.1 Å². The molecular formula is C15H20O2Si. The number of carbonyl (C=O) groups excluding carboxylic acids is 1. The molecular weight excluding hydrogens is 240 g/mol. The third-order valence-corrected chi connectivity index (χ3v) is 7.70. The second kappa shape index (κ2) is 9.40. The highest BCUT2D eigenvalue weighted by molar-refractivity contribution is 6.87. The van der Waals surface area contributed by atoms with Crippen LogP contribution in [0, 0.1) is 35.1 Å². The van der Waals surface area contributed by atoms with Gasteiger partial charge in [-0.2, -0.15) is 0 Å². The van der Waals surface area contributed by atoms with Crippen molar-refractivity contribution in [1.29, 1.82) is 0 Å². The highest BCUT2D eigenvalue weighted by Crippen LogP contribution is 2.18. The van der Waals surface area contributed by atoms with Crippen LogP contribution in [0.25, 0.3) is 0 Å². The molecule has 0 radical (unpaired) electrons. The largest absolute Gasteiger partial charge is 0.453 e. The van der Waals surface area contributed by atoms with Gasteiger partial charge in [0.2, 0.25) is 0 Å². The van der Waals surface area contributed by atoms with E-state index in [0.29, 0.717) is 0 Å². The molecule has 0 aliphatic carbocycles. The minimum Gasteiger partial charge on any atom is -0.453 e. The predicted molar refractivity (Wildman–Crippen MR) is 77.2 cm³/mol. The molecule has 0 N–H and O–H groups in total. The highest BCUT2D eigenvalue weighted by atomic mass is 28.3. The van der Waals surface area contributed by atoms with Crippen molar-refractivity contribution in [3.8, 4) is 35.1 Å². The summed E-state index contributed by atoms with van der Waals surface area (Å²) < 4.78 is 4.65. The summed E-state index contributed by atoms with van der Waals surface area (Å²) in [5.41, 5.74) is 3.35. The van der Waals surface area contributed by atoms with E-state index in [1.807, 2.05) is 0 Å². The Hall–Kier alpha value is -1.63. The van der Waals surface area contributed by atoms with E-state index in [0.717, 1.165) is 0 Å². The number of rotatable bonds is 4. The van der Waals surface area contributed by atoms with Crippen LogP contribution in [0.2, 0.25) is 18.1 Å². The molecule has 96 valence electrons. The fourth-order valence-corrected chi connectivity index (χ4v) is 3.82. The van der Waals surface area contributed by atoms with Crippen LogP contribution in [0.3, 0.4) is 0 Å². The Labute approximate surface area is 112 Å².